The lowest BCUT2D eigenvalue weighted by Gasteiger charge is -2.34. The lowest BCUT2D eigenvalue weighted by Crippen LogP contribution is -2.51. The lowest BCUT2D eigenvalue weighted by molar-refractivity contribution is -0.123. The largest absolute Gasteiger partial charge is 0.383 e. The number of methoxy groups -OCH3 is 1. The summed E-state index contributed by atoms with van der Waals surface area (Å²) in [6.07, 6.45) is 2.25. The Morgan fingerprint density at radius 2 is 1.95 bits per heavy atom. The number of rotatable bonds is 8. The summed E-state index contributed by atoms with van der Waals surface area (Å²) in [5, 5.41) is 6.31. The Morgan fingerprint density at radius 3 is 2.50 bits per heavy atom. The quantitative estimate of drug-likeness (QED) is 0.649. The lowest BCUT2D eigenvalue weighted by atomic mass is 10.0. The van der Waals surface area contributed by atoms with Gasteiger partial charge in [0.25, 0.3) is 0 Å². The predicted molar refractivity (Wildman–Crippen MR) is 81.8 cm³/mol. The predicted octanol–water partition coefficient (Wildman–Crippen LogP) is 0.848. The van der Waals surface area contributed by atoms with Crippen LogP contribution in [0.15, 0.2) is 0 Å². The first-order valence-corrected chi connectivity index (χ1v) is 7.78. The Kier molecular flexibility index (Phi) is 8.11. The van der Waals surface area contributed by atoms with Gasteiger partial charge in [0, 0.05) is 26.2 Å². The van der Waals surface area contributed by atoms with Crippen molar-refractivity contribution in [2.45, 2.75) is 45.7 Å². The second-order valence-electron chi connectivity index (χ2n) is 6.14. The van der Waals surface area contributed by atoms with Crippen molar-refractivity contribution in [2.75, 3.05) is 39.9 Å². The zero-order valence-corrected chi connectivity index (χ0v) is 13.4. The fraction of sp³-hybridized carbons (Fsp3) is 0.933. The molecule has 2 N–H and O–H groups in total. The van der Waals surface area contributed by atoms with Gasteiger partial charge in [-0.3, -0.25) is 4.79 Å². The highest BCUT2D eigenvalue weighted by molar-refractivity contribution is 5.81. The van der Waals surface area contributed by atoms with Crippen LogP contribution in [-0.2, 0) is 9.53 Å². The van der Waals surface area contributed by atoms with Gasteiger partial charge < -0.3 is 20.3 Å². The van der Waals surface area contributed by atoms with Gasteiger partial charge in [0.15, 0.2) is 0 Å². The molecule has 20 heavy (non-hydrogen) atoms. The maximum Gasteiger partial charge on any atom is 0.236 e. The zero-order valence-electron chi connectivity index (χ0n) is 13.4. The average Bonchev–Trinajstić information content (AvgIpc) is 2.40. The Labute approximate surface area is 123 Å². The number of carbonyl (C=O) groups is 1. The normalized spacial score (nSPS) is 19.2. The molecule has 118 valence electrons. The summed E-state index contributed by atoms with van der Waals surface area (Å²) in [4.78, 5) is 14.4. The van der Waals surface area contributed by atoms with Crippen LogP contribution < -0.4 is 10.6 Å². The van der Waals surface area contributed by atoms with Crippen LogP contribution in [0.3, 0.4) is 0 Å². The molecule has 0 aromatic carbocycles. The van der Waals surface area contributed by atoms with Gasteiger partial charge in [-0.15, -0.1) is 0 Å². The van der Waals surface area contributed by atoms with Crippen LogP contribution in [0.4, 0.5) is 0 Å². The number of amides is 1. The van der Waals surface area contributed by atoms with E-state index in [1.54, 1.807) is 7.11 Å². The first-order valence-electron chi connectivity index (χ1n) is 7.78. The second kappa shape index (κ2) is 9.32. The van der Waals surface area contributed by atoms with Crippen LogP contribution in [0.25, 0.3) is 0 Å². The number of nitrogens with one attached hydrogen (secondary N) is 2. The maximum atomic E-state index is 11.9. The SMILES string of the molecule is COCCNC(=O)C(C)NC1CCN(CC(C)C)CC1. The molecule has 1 heterocycles. The molecule has 0 aromatic rings. The average molecular weight is 285 g/mol. The number of carbonyl (C=O) groups excluding carboxylic acids is 1. The van der Waals surface area contributed by atoms with Crippen molar-refractivity contribution in [3.63, 3.8) is 0 Å². The van der Waals surface area contributed by atoms with Gasteiger partial charge in [-0.2, -0.15) is 0 Å². The van der Waals surface area contributed by atoms with Crippen LogP contribution in [0.2, 0.25) is 0 Å². The standard InChI is InChI=1S/C15H31N3O2/c1-12(2)11-18-8-5-14(6-9-18)17-13(3)15(19)16-7-10-20-4/h12-14,17H,5-11H2,1-4H3,(H,16,19). The highest BCUT2D eigenvalue weighted by atomic mass is 16.5. The fourth-order valence-corrected chi connectivity index (χ4v) is 2.66. The van der Waals surface area contributed by atoms with Crippen molar-refractivity contribution in [2.24, 2.45) is 5.92 Å². The number of hydrogen-bond donors (Lipinski definition) is 2. The van der Waals surface area contributed by atoms with E-state index >= 15 is 0 Å². The molecular weight excluding hydrogens is 254 g/mol. The fourth-order valence-electron chi connectivity index (χ4n) is 2.66. The zero-order chi connectivity index (χ0) is 15.0. The first kappa shape index (κ1) is 17.4. The third-order valence-electron chi connectivity index (χ3n) is 3.70. The van der Waals surface area contributed by atoms with Crippen LogP contribution >= 0.6 is 0 Å². The maximum absolute atomic E-state index is 11.9. The Morgan fingerprint density at radius 1 is 1.30 bits per heavy atom. The Hall–Kier alpha value is -0.650. The summed E-state index contributed by atoms with van der Waals surface area (Å²) >= 11 is 0. The van der Waals surface area contributed by atoms with E-state index in [-0.39, 0.29) is 11.9 Å². The number of nitrogens with zero attached hydrogens (tertiary/aromatic N) is 1. The number of hydrogen-bond acceptors (Lipinski definition) is 4. The summed E-state index contributed by atoms with van der Waals surface area (Å²) in [6, 6.07) is 0.329. The van der Waals surface area contributed by atoms with Gasteiger partial charge in [0.1, 0.15) is 0 Å². The molecule has 1 atom stereocenters. The van der Waals surface area contributed by atoms with Crippen LogP contribution in [0, 0.1) is 5.92 Å². The van der Waals surface area contributed by atoms with Crippen molar-refractivity contribution in [3.05, 3.63) is 0 Å². The molecule has 1 aliphatic rings. The van der Waals surface area contributed by atoms with Crippen LogP contribution in [-0.4, -0.2) is 62.8 Å². The van der Waals surface area contributed by atoms with Crippen LogP contribution in [0.5, 0.6) is 0 Å². The van der Waals surface area contributed by atoms with E-state index in [0.717, 1.165) is 31.8 Å². The van der Waals surface area contributed by atoms with Crippen molar-refractivity contribution >= 4 is 5.91 Å². The monoisotopic (exact) mass is 285 g/mol. The first-order chi connectivity index (χ1) is 9.52. The molecule has 1 amide bonds. The number of piperidine rings is 1. The van der Waals surface area contributed by atoms with Gasteiger partial charge in [0.2, 0.25) is 5.91 Å². The van der Waals surface area contributed by atoms with Gasteiger partial charge >= 0.3 is 0 Å². The van der Waals surface area contributed by atoms with E-state index in [4.69, 9.17) is 4.74 Å². The molecule has 1 unspecified atom stereocenters. The van der Waals surface area contributed by atoms with Crippen molar-refractivity contribution in [1.82, 2.24) is 15.5 Å². The molecular formula is C15H31N3O2. The summed E-state index contributed by atoms with van der Waals surface area (Å²) in [5.74, 6) is 0.789. The summed E-state index contributed by atoms with van der Waals surface area (Å²) in [6.45, 7) is 11.0. The second-order valence-corrected chi connectivity index (χ2v) is 6.14. The molecule has 0 aromatic heterocycles. The van der Waals surface area contributed by atoms with Gasteiger partial charge in [-0.05, 0) is 38.8 Å². The molecule has 1 rings (SSSR count). The number of likely N-dealkylation sites (tertiary alicyclic amines) is 1. The molecule has 1 saturated heterocycles. The number of ether oxygens (including phenoxy) is 1. The Balaban J connectivity index is 2.20. The van der Waals surface area contributed by atoms with Gasteiger partial charge in [-0.1, -0.05) is 13.8 Å². The van der Waals surface area contributed by atoms with E-state index in [1.807, 2.05) is 6.92 Å². The van der Waals surface area contributed by atoms with Crippen LogP contribution in [0.1, 0.15) is 33.6 Å². The van der Waals surface area contributed by atoms with Crippen molar-refractivity contribution in [3.8, 4) is 0 Å². The molecule has 1 aliphatic heterocycles. The van der Waals surface area contributed by atoms with E-state index in [0.29, 0.717) is 19.2 Å². The van der Waals surface area contributed by atoms with E-state index in [2.05, 4.69) is 29.4 Å². The smallest absolute Gasteiger partial charge is 0.236 e. The van der Waals surface area contributed by atoms with Gasteiger partial charge in [0.05, 0.1) is 12.6 Å². The highest BCUT2D eigenvalue weighted by Gasteiger charge is 2.22. The minimum atomic E-state index is -0.131. The van der Waals surface area contributed by atoms with E-state index in [1.165, 1.54) is 6.54 Å². The summed E-state index contributed by atoms with van der Waals surface area (Å²) in [7, 11) is 1.64. The van der Waals surface area contributed by atoms with E-state index in [9.17, 15) is 4.79 Å². The molecule has 5 nitrogen and oxygen atoms in total. The molecule has 0 spiro atoms. The summed E-state index contributed by atoms with van der Waals surface area (Å²) < 4.78 is 4.92. The molecule has 1 fully saturated rings. The van der Waals surface area contributed by atoms with Gasteiger partial charge in [-0.25, -0.2) is 0 Å². The molecule has 5 heteroatoms. The third-order valence-corrected chi connectivity index (χ3v) is 3.70. The minimum absolute atomic E-state index is 0.0617. The minimum Gasteiger partial charge on any atom is -0.383 e. The molecule has 0 bridgehead atoms. The van der Waals surface area contributed by atoms with E-state index < -0.39 is 0 Å². The Bertz CT molecular complexity index is 276. The van der Waals surface area contributed by atoms with Crippen molar-refractivity contribution < 1.29 is 9.53 Å². The molecule has 0 aliphatic carbocycles. The topological polar surface area (TPSA) is 53.6 Å². The molecule has 0 saturated carbocycles. The van der Waals surface area contributed by atoms with Crippen molar-refractivity contribution in [1.29, 1.82) is 0 Å². The third kappa shape index (κ3) is 6.68. The highest BCUT2D eigenvalue weighted by Crippen LogP contribution is 2.12. The summed E-state index contributed by atoms with van der Waals surface area (Å²) in [5.41, 5.74) is 0. The molecule has 0 radical (unpaired) electrons.